The molecule has 4 atom stereocenters. The second-order valence-corrected chi connectivity index (χ2v) is 5.77. The van der Waals surface area contributed by atoms with Crippen LogP contribution in [0.5, 0.6) is 0 Å². The van der Waals surface area contributed by atoms with E-state index in [1.807, 2.05) is 0 Å². The quantitative estimate of drug-likeness (QED) is 0.798. The van der Waals surface area contributed by atoms with Crippen LogP contribution in [0.15, 0.2) is 17.1 Å². The van der Waals surface area contributed by atoms with Crippen LogP contribution in [0.1, 0.15) is 26.0 Å². The molecule has 2 saturated heterocycles. The van der Waals surface area contributed by atoms with E-state index in [9.17, 15) is 15.0 Å². The van der Waals surface area contributed by atoms with Gasteiger partial charge in [-0.05, 0) is 18.9 Å². The predicted octanol–water partition coefficient (Wildman–Crippen LogP) is -0.270. The van der Waals surface area contributed by atoms with Crippen molar-refractivity contribution in [1.29, 1.82) is 0 Å². The molecule has 1 aromatic rings. The van der Waals surface area contributed by atoms with E-state index < -0.39 is 18.4 Å². The van der Waals surface area contributed by atoms with Crippen LogP contribution in [0.4, 0.5) is 5.82 Å². The number of hydrogen-bond donors (Lipinski definition) is 2. The molecule has 1 aromatic heterocycles. The van der Waals surface area contributed by atoms with Gasteiger partial charge in [0.05, 0.1) is 12.7 Å². The van der Waals surface area contributed by atoms with Crippen molar-refractivity contribution in [2.75, 3.05) is 24.6 Å². The summed E-state index contributed by atoms with van der Waals surface area (Å²) in [7, 11) is 0. The zero-order valence-corrected chi connectivity index (χ0v) is 12.1. The molecule has 2 aliphatic heterocycles. The standard InChI is InChI=1S/C14H21N3O4/c1-9-12(19)10(8-18)21-13(9)17-7-4-11(15-14(17)20)16-5-2-3-6-16/h4,7,9-10,12-13,18-19H,2-3,5-6,8H2,1H3/t9-,10+,12-,13+/m0/s1. The zero-order valence-electron chi connectivity index (χ0n) is 12.1. The Bertz CT molecular complexity index is 555. The Balaban J connectivity index is 1.84. The summed E-state index contributed by atoms with van der Waals surface area (Å²) in [5.74, 6) is 0.415. The SMILES string of the molecule is C[C@H]1[C@H](O)[C@@H](CO)O[C@H]1n1ccc(N2CCCC2)nc1=O. The number of aliphatic hydroxyl groups excluding tert-OH is 2. The van der Waals surface area contributed by atoms with Gasteiger partial charge in [0, 0.05) is 25.2 Å². The van der Waals surface area contributed by atoms with Crippen LogP contribution < -0.4 is 10.6 Å². The van der Waals surface area contributed by atoms with Crippen LogP contribution in [-0.4, -0.2) is 51.7 Å². The van der Waals surface area contributed by atoms with Crippen LogP contribution in [0.25, 0.3) is 0 Å². The summed E-state index contributed by atoms with van der Waals surface area (Å²) in [6.45, 7) is 3.39. The second kappa shape index (κ2) is 5.75. The minimum atomic E-state index is -0.787. The maximum absolute atomic E-state index is 12.2. The molecule has 2 N–H and O–H groups in total. The van der Waals surface area contributed by atoms with E-state index in [0.717, 1.165) is 25.9 Å². The number of ether oxygens (including phenoxy) is 1. The van der Waals surface area contributed by atoms with Crippen molar-refractivity contribution in [3.63, 3.8) is 0 Å². The third kappa shape index (κ3) is 2.56. The third-order valence-corrected chi connectivity index (χ3v) is 4.38. The van der Waals surface area contributed by atoms with Gasteiger partial charge in [0.25, 0.3) is 0 Å². The average molecular weight is 295 g/mol. The lowest BCUT2D eigenvalue weighted by Gasteiger charge is -2.20. The summed E-state index contributed by atoms with van der Waals surface area (Å²) in [5, 5.41) is 19.2. The number of nitrogens with zero attached hydrogens (tertiary/aromatic N) is 3. The average Bonchev–Trinajstić information content (AvgIpc) is 3.10. The molecule has 0 aliphatic carbocycles. The molecule has 0 saturated carbocycles. The van der Waals surface area contributed by atoms with Crippen LogP contribution in [0, 0.1) is 5.92 Å². The maximum atomic E-state index is 12.2. The van der Waals surface area contributed by atoms with Crippen LogP contribution in [-0.2, 0) is 4.74 Å². The highest BCUT2D eigenvalue weighted by Crippen LogP contribution is 2.33. The molecule has 2 fully saturated rings. The molecule has 2 aliphatic rings. The maximum Gasteiger partial charge on any atom is 0.351 e. The molecule has 0 amide bonds. The molecule has 0 spiro atoms. The van der Waals surface area contributed by atoms with Crippen molar-refractivity contribution >= 4 is 5.82 Å². The largest absolute Gasteiger partial charge is 0.394 e. The molecular weight excluding hydrogens is 274 g/mol. The zero-order chi connectivity index (χ0) is 15.0. The third-order valence-electron chi connectivity index (χ3n) is 4.38. The summed E-state index contributed by atoms with van der Waals surface area (Å²) in [6, 6.07) is 1.81. The molecule has 3 heterocycles. The fourth-order valence-corrected chi connectivity index (χ4v) is 3.08. The van der Waals surface area contributed by atoms with Crippen molar-refractivity contribution in [2.45, 2.75) is 38.2 Å². The molecule has 0 unspecified atom stereocenters. The van der Waals surface area contributed by atoms with Crippen molar-refractivity contribution in [1.82, 2.24) is 9.55 Å². The van der Waals surface area contributed by atoms with Gasteiger partial charge < -0.3 is 19.8 Å². The lowest BCUT2D eigenvalue weighted by molar-refractivity contribution is -0.0476. The molecule has 7 heteroatoms. The molecule has 0 radical (unpaired) electrons. The molecule has 21 heavy (non-hydrogen) atoms. The van der Waals surface area contributed by atoms with Crippen molar-refractivity contribution in [3.05, 3.63) is 22.7 Å². The Morgan fingerprint density at radius 2 is 2.14 bits per heavy atom. The molecule has 3 rings (SSSR count). The van der Waals surface area contributed by atoms with Gasteiger partial charge in [0.15, 0.2) is 0 Å². The number of aliphatic hydroxyl groups is 2. The van der Waals surface area contributed by atoms with Gasteiger partial charge >= 0.3 is 5.69 Å². The van der Waals surface area contributed by atoms with Crippen LogP contribution in [0.3, 0.4) is 0 Å². The fraction of sp³-hybridized carbons (Fsp3) is 0.714. The topological polar surface area (TPSA) is 87.8 Å². The van der Waals surface area contributed by atoms with E-state index in [-0.39, 0.29) is 18.2 Å². The first kappa shape index (κ1) is 14.5. The normalized spacial score (nSPS) is 32.8. The molecular formula is C14H21N3O4. The molecule has 7 nitrogen and oxygen atoms in total. The Hall–Kier alpha value is -1.44. The van der Waals surface area contributed by atoms with E-state index in [1.54, 1.807) is 19.2 Å². The van der Waals surface area contributed by atoms with Crippen LogP contribution in [0.2, 0.25) is 0 Å². The highest BCUT2D eigenvalue weighted by atomic mass is 16.5. The summed E-state index contributed by atoms with van der Waals surface area (Å²) in [6.07, 6.45) is 1.87. The predicted molar refractivity (Wildman–Crippen MR) is 76.1 cm³/mol. The lowest BCUT2D eigenvalue weighted by atomic mass is 10.0. The smallest absolute Gasteiger partial charge is 0.351 e. The minimum Gasteiger partial charge on any atom is -0.394 e. The molecule has 0 aromatic carbocycles. The van der Waals surface area contributed by atoms with Gasteiger partial charge in [-0.15, -0.1) is 0 Å². The van der Waals surface area contributed by atoms with Crippen LogP contribution >= 0.6 is 0 Å². The molecule has 0 bridgehead atoms. The lowest BCUT2D eigenvalue weighted by Crippen LogP contribution is -2.32. The van der Waals surface area contributed by atoms with Gasteiger partial charge in [0.1, 0.15) is 18.1 Å². The van der Waals surface area contributed by atoms with E-state index in [4.69, 9.17) is 4.74 Å². The van der Waals surface area contributed by atoms with E-state index in [1.165, 1.54) is 4.57 Å². The van der Waals surface area contributed by atoms with Gasteiger partial charge in [-0.2, -0.15) is 4.98 Å². The summed E-state index contributed by atoms with van der Waals surface area (Å²) >= 11 is 0. The first-order chi connectivity index (χ1) is 10.1. The van der Waals surface area contributed by atoms with Crippen molar-refractivity contribution in [3.8, 4) is 0 Å². The van der Waals surface area contributed by atoms with Gasteiger partial charge in [-0.3, -0.25) is 4.57 Å². The van der Waals surface area contributed by atoms with Crippen molar-refractivity contribution < 1.29 is 14.9 Å². The Morgan fingerprint density at radius 1 is 1.43 bits per heavy atom. The Kier molecular flexibility index (Phi) is 3.97. The fourth-order valence-electron chi connectivity index (χ4n) is 3.08. The van der Waals surface area contributed by atoms with E-state index >= 15 is 0 Å². The first-order valence-electron chi connectivity index (χ1n) is 7.40. The first-order valence-corrected chi connectivity index (χ1v) is 7.40. The monoisotopic (exact) mass is 295 g/mol. The van der Waals surface area contributed by atoms with Gasteiger partial charge in [-0.1, -0.05) is 6.92 Å². The van der Waals surface area contributed by atoms with E-state index in [2.05, 4.69) is 9.88 Å². The van der Waals surface area contributed by atoms with Crippen molar-refractivity contribution in [2.24, 2.45) is 5.92 Å². The molecule has 116 valence electrons. The van der Waals surface area contributed by atoms with E-state index in [0.29, 0.717) is 5.82 Å². The summed E-state index contributed by atoms with van der Waals surface area (Å²) in [4.78, 5) is 18.4. The Morgan fingerprint density at radius 3 is 2.71 bits per heavy atom. The number of aromatic nitrogens is 2. The van der Waals surface area contributed by atoms with Gasteiger partial charge in [0.2, 0.25) is 0 Å². The summed E-state index contributed by atoms with van der Waals surface area (Å²) < 4.78 is 6.97. The minimum absolute atomic E-state index is 0.268. The second-order valence-electron chi connectivity index (χ2n) is 5.77. The van der Waals surface area contributed by atoms with Gasteiger partial charge in [-0.25, -0.2) is 4.79 Å². The highest BCUT2D eigenvalue weighted by Gasteiger charge is 2.41. The number of anilines is 1. The number of hydrogen-bond acceptors (Lipinski definition) is 6. The highest BCUT2D eigenvalue weighted by molar-refractivity contribution is 5.37. The Labute approximate surface area is 122 Å². The summed E-state index contributed by atoms with van der Waals surface area (Å²) in [5.41, 5.74) is -0.387. The number of rotatable bonds is 3.